The number of para-hydroxylation sites is 1. The van der Waals surface area contributed by atoms with Crippen LogP contribution in [0.4, 0.5) is 0 Å². The van der Waals surface area contributed by atoms with Gasteiger partial charge >= 0.3 is 0 Å². The second kappa shape index (κ2) is 4.45. The third-order valence-corrected chi connectivity index (χ3v) is 3.15. The van der Waals surface area contributed by atoms with Crippen LogP contribution >= 0.6 is 0 Å². The van der Waals surface area contributed by atoms with E-state index in [-0.39, 0.29) is 22.5 Å². The molecule has 102 valence electrons. The summed E-state index contributed by atoms with van der Waals surface area (Å²) in [5.41, 5.74) is 0.376. The maximum Gasteiger partial charge on any atom is 0.204 e. The Morgan fingerprint density at radius 2 is 1.85 bits per heavy atom. The maximum absolute atomic E-state index is 12.6. The van der Waals surface area contributed by atoms with Crippen molar-refractivity contribution in [2.45, 2.75) is 0 Å². The van der Waals surface area contributed by atoms with E-state index in [0.29, 0.717) is 22.1 Å². The lowest BCUT2D eigenvalue weighted by Gasteiger charge is -2.08. The van der Waals surface area contributed by atoms with E-state index in [2.05, 4.69) is 0 Å². The summed E-state index contributed by atoms with van der Waals surface area (Å²) >= 11 is 0. The highest BCUT2D eigenvalue weighted by Crippen LogP contribution is 2.33. The van der Waals surface area contributed by atoms with Crippen LogP contribution in [0, 0.1) is 0 Å². The van der Waals surface area contributed by atoms with Gasteiger partial charge in [-0.2, -0.15) is 0 Å². The highest BCUT2D eigenvalue weighted by atomic mass is 16.5. The molecule has 0 aliphatic carbocycles. The van der Waals surface area contributed by atoms with Gasteiger partial charge < -0.3 is 19.0 Å². The molecule has 1 N–H and O–H groups in total. The monoisotopic (exact) mass is 272 g/mol. The molecule has 0 aliphatic heterocycles. The van der Waals surface area contributed by atoms with E-state index in [1.165, 1.54) is 26.4 Å². The van der Waals surface area contributed by atoms with Gasteiger partial charge in [0.15, 0.2) is 11.3 Å². The molecule has 0 spiro atoms. The summed E-state index contributed by atoms with van der Waals surface area (Å²) in [6, 6.07) is 7.85. The SMILES string of the molecule is COc1cccc2c(=O)c3c(OC)cc(O)cc3oc12. The van der Waals surface area contributed by atoms with Crippen molar-refractivity contribution in [3.63, 3.8) is 0 Å². The molecule has 5 heteroatoms. The molecular formula is C15H12O5. The number of benzene rings is 2. The first-order chi connectivity index (χ1) is 9.65. The summed E-state index contributed by atoms with van der Waals surface area (Å²) in [5, 5.41) is 10.4. The third kappa shape index (κ3) is 1.67. The molecule has 0 radical (unpaired) electrons. The Morgan fingerprint density at radius 3 is 2.55 bits per heavy atom. The molecule has 20 heavy (non-hydrogen) atoms. The Bertz CT molecular complexity index is 863. The van der Waals surface area contributed by atoms with Gasteiger partial charge in [0.05, 0.1) is 19.6 Å². The Labute approximate surface area is 114 Å². The Hall–Kier alpha value is -2.69. The van der Waals surface area contributed by atoms with Gasteiger partial charge in [0.2, 0.25) is 5.43 Å². The summed E-state index contributed by atoms with van der Waals surface area (Å²) in [5.74, 6) is 0.703. The van der Waals surface area contributed by atoms with Gasteiger partial charge in [-0.15, -0.1) is 0 Å². The molecule has 3 rings (SSSR count). The second-order valence-electron chi connectivity index (χ2n) is 4.29. The van der Waals surface area contributed by atoms with E-state index in [1.807, 2.05) is 0 Å². The van der Waals surface area contributed by atoms with Crippen LogP contribution in [0.25, 0.3) is 21.9 Å². The zero-order chi connectivity index (χ0) is 14.3. The molecule has 0 saturated heterocycles. The van der Waals surface area contributed by atoms with Gasteiger partial charge in [-0.25, -0.2) is 0 Å². The van der Waals surface area contributed by atoms with Gasteiger partial charge in [-0.3, -0.25) is 4.79 Å². The number of hydrogen-bond donors (Lipinski definition) is 1. The van der Waals surface area contributed by atoms with Gasteiger partial charge in [0.25, 0.3) is 0 Å². The van der Waals surface area contributed by atoms with Crippen molar-refractivity contribution in [1.82, 2.24) is 0 Å². The highest BCUT2D eigenvalue weighted by molar-refractivity contribution is 5.95. The smallest absolute Gasteiger partial charge is 0.204 e. The van der Waals surface area contributed by atoms with Gasteiger partial charge in [-0.05, 0) is 12.1 Å². The number of fused-ring (bicyclic) bond motifs is 2. The average Bonchev–Trinajstić information content (AvgIpc) is 2.45. The number of phenols is 1. The number of hydrogen-bond acceptors (Lipinski definition) is 5. The number of methoxy groups -OCH3 is 2. The van der Waals surface area contributed by atoms with E-state index in [1.54, 1.807) is 18.2 Å². The summed E-state index contributed by atoms with van der Waals surface area (Å²) in [6.07, 6.45) is 0. The lowest BCUT2D eigenvalue weighted by atomic mass is 10.1. The molecule has 0 amide bonds. The highest BCUT2D eigenvalue weighted by Gasteiger charge is 2.15. The van der Waals surface area contributed by atoms with E-state index in [4.69, 9.17) is 13.9 Å². The first kappa shape index (κ1) is 12.3. The van der Waals surface area contributed by atoms with Crippen LogP contribution in [-0.4, -0.2) is 19.3 Å². The van der Waals surface area contributed by atoms with E-state index >= 15 is 0 Å². The van der Waals surface area contributed by atoms with Gasteiger partial charge in [0.1, 0.15) is 22.5 Å². The summed E-state index contributed by atoms with van der Waals surface area (Å²) < 4.78 is 16.0. The predicted molar refractivity (Wildman–Crippen MR) is 74.8 cm³/mol. The van der Waals surface area contributed by atoms with E-state index in [0.717, 1.165) is 0 Å². The number of aromatic hydroxyl groups is 1. The van der Waals surface area contributed by atoms with Crippen molar-refractivity contribution in [2.75, 3.05) is 14.2 Å². The van der Waals surface area contributed by atoms with E-state index < -0.39 is 0 Å². The fourth-order valence-corrected chi connectivity index (χ4v) is 2.25. The van der Waals surface area contributed by atoms with Crippen LogP contribution in [0.3, 0.4) is 0 Å². The second-order valence-corrected chi connectivity index (χ2v) is 4.29. The number of rotatable bonds is 2. The zero-order valence-electron chi connectivity index (χ0n) is 11.0. The van der Waals surface area contributed by atoms with Crippen LogP contribution in [0.1, 0.15) is 0 Å². The topological polar surface area (TPSA) is 68.9 Å². The molecule has 1 heterocycles. The minimum Gasteiger partial charge on any atom is -0.508 e. The lowest BCUT2D eigenvalue weighted by molar-refractivity contribution is 0.407. The summed E-state index contributed by atoms with van der Waals surface area (Å²) in [4.78, 5) is 12.6. The van der Waals surface area contributed by atoms with Crippen molar-refractivity contribution in [2.24, 2.45) is 0 Å². The summed E-state index contributed by atoms with van der Waals surface area (Å²) in [6.45, 7) is 0. The number of phenolic OH excluding ortho intramolecular Hbond substituents is 1. The van der Waals surface area contributed by atoms with Gasteiger partial charge in [0, 0.05) is 12.1 Å². The molecule has 0 bridgehead atoms. The molecule has 0 aliphatic rings. The van der Waals surface area contributed by atoms with Crippen molar-refractivity contribution >= 4 is 21.9 Å². The summed E-state index contributed by atoms with van der Waals surface area (Å²) in [7, 11) is 2.94. The fraction of sp³-hybridized carbons (Fsp3) is 0.133. The third-order valence-electron chi connectivity index (χ3n) is 3.15. The molecule has 3 aromatic rings. The minimum atomic E-state index is -0.225. The fourth-order valence-electron chi connectivity index (χ4n) is 2.25. The first-order valence-electron chi connectivity index (χ1n) is 5.96. The van der Waals surface area contributed by atoms with Crippen LogP contribution in [0.5, 0.6) is 17.2 Å². The van der Waals surface area contributed by atoms with Gasteiger partial charge in [-0.1, -0.05) is 6.07 Å². The Morgan fingerprint density at radius 1 is 1.10 bits per heavy atom. The molecule has 0 unspecified atom stereocenters. The van der Waals surface area contributed by atoms with E-state index in [9.17, 15) is 9.90 Å². The van der Waals surface area contributed by atoms with Crippen LogP contribution in [-0.2, 0) is 0 Å². The zero-order valence-corrected chi connectivity index (χ0v) is 11.0. The molecule has 5 nitrogen and oxygen atoms in total. The van der Waals surface area contributed by atoms with Crippen molar-refractivity contribution in [3.8, 4) is 17.2 Å². The predicted octanol–water partition coefficient (Wildman–Crippen LogP) is 2.67. The largest absolute Gasteiger partial charge is 0.508 e. The Balaban J connectivity index is 2.57. The molecular weight excluding hydrogens is 260 g/mol. The van der Waals surface area contributed by atoms with Crippen molar-refractivity contribution in [1.29, 1.82) is 0 Å². The standard InChI is InChI=1S/C15H12O5/c1-18-10-5-3-4-9-14(17)13-11(19-2)6-8(16)7-12(13)20-15(9)10/h3-7,16H,1-2H3. The number of ether oxygens (including phenoxy) is 2. The van der Waals surface area contributed by atoms with Crippen molar-refractivity contribution < 1.29 is 19.0 Å². The molecule has 0 saturated carbocycles. The molecule has 1 aromatic heterocycles. The van der Waals surface area contributed by atoms with Crippen molar-refractivity contribution in [3.05, 3.63) is 40.6 Å². The van der Waals surface area contributed by atoms with Crippen LogP contribution in [0.2, 0.25) is 0 Å². The quantitative estimate of drug-likeness (QED) is 0.726. The minimum absolute atomic E-state index is 0.0354. The molecule has 0 atom stereocenters. The normalized spacial score (nSPS) is 10.9. The Kier molecular flexibility index (Phi) is 2.75. The lowest BCUT2D eigenvalue weighted by Crippen LogP contribution is -2.04. The average molecular weight is 272 g/mol. The first-order valence-corrected chi connectivity index (χ1v) is 5.96. The van der Waals surface area contributed by atoms with Crippen LogP contribution in [0.15, 0.2) is 39.5 Å². The van der Waals surface area contributed by atoms with Crippen LogP contribution < -0.4 is 14.9 Å². The maximum atomic E-state index is 12.6. The molecule has 2 aromatic carbocycles. The molecule has 0 fully saturated rings.